The van der Waals surface area contributed by atoms with E-state index in [-0.39, 0.29) is 6.42 Å². The monoisotopic (exact) mass is 336 g/mol. The number of hydrogen-bond donors (Lipinski definition) is 2. The largest absolute Gasteiger partial charge is 0.389 e. The van der Waals surface area contributed by atoms with Crippen molar-refractivity contribution in [1.82, 2.24) is 0 Å². The molecule has 1 atom stereocenters. The molecule has 0 spiro atoms. The lowest BCUT2D eigenvalue weighted by molar-refractivity contribution is -0.135. The molecule has 0 aromatic rings. The van der Waals surface area contributed by atoms with Crippen LogP contribution in [-0.4, -0.2) is 23.7 Å². The third-order valence-electron chi connectivity index (χ3n) is 3.01. The van der Waals surface area contributed by atoms with Crippen LogP contribution in [0.15, 0.2) is 0 Å². The molecule has 0 aromatic carbocycles. The number of rotatable bonds is 11. The van der Waals surface area contributed by atoms with Crippen molar-refractivity contribution in [3.8, 4) is 0 Å². The van der Waals surface area contributed by atoms with Gasteiger partial charge >= 0.3 is 6.18 Å². The molecule has 8 heteroatoms. The topological polar surface area (TPSA) is 54.4 Å². The summed E-state index contributed by atoms with van der Waals surface area (Å²) in [6.45, 7) is 0. The summed E-state index contributed by atoms with van der Waals surface area (Å²) in [5.74, 6) is 0. The summed E-state index contributed by atoms with van der Waals surface area (Å²) in [6.07, 6.45) is 1.43. The van der Waals surface area contributed by atoms with E-state index in [1.807, 2.05) is 0 Å². The molecule has 3 nitrogen and oxygen atoms in total. The van der Waals surface area contributed by atoms with Gasteiger partial charge < -0.3 is 0 Å². The van der Waals surface area contributed by atoms with Crippen LogP contribution < -0.4 is 0 Å². The Labute approximate surface area is 124 Å². The standard InChI is InChI=1S/C12H23F3O3S2/c13-12(14,15)10-8-6-4-2-1-3-5-7-9-11(19)20(16,17)18/h11,19H,1-10H2,(H,16,17,18). The Morgan fingerprint density at radius 3 is 1.70 bits per heavy atom. The van der Waals surface area contributed by atoms with Crippen molar-refractivity contribution >= 4 is 22.7 Å². The van der Waals surface area contributed by atoms with E-state index < -0.39 is 27.3 Å². The Hall–Kier alpha value is 0.0500. The molecule has 122 valence electrons. The van der Waals surface area contributed by atoms with Gasteiger partial charge in [0.05, 0.1) is 0 Å². The third kappa shape index (κ3) is 13.1. The van der Waals surface area contributed by atoms with Crippen LogP contribution in [0.1, 0.15) is 64.2 Å². The highest BCUT2D eigenvalue weighted by Crippen LogP contribution is 2.23. The summed E-state index contributed by atoms with van der Waals surface area (Å²) in [4.78, 5) is 0. The highest BCUT2D eigenvalue weighted by atomic mass is 32.3. The van der Waals surface area contributed by atoms with E-state index in [0.717, 1.165) is 32.1 Å². The second kappa shape index (κ2) is 9.89. The first kappa shape index (κ1) is 20.1. The van der Waals surface area contributed by atoms with Crippen LogP contribution >= 0.6 is 12.6 Å². The molecule has 0 radical (unpaired) electrons. The van der Waals surface area contributed by atoms with E-state index in [2.05, 4.69) is 12.6 Å². The molecule has 0 rings (SSSR count). The van der Waals surface area contributed by atoms with Gasteiger partial charge in [0, 0.05) is 6.42 Å². The zero-order valence-electron chi connectivity index (χ0n) is 11.4. The van der Waals surface area contributed by atoms with Crippen molar-refractivity contribution in [2.45, 2.75) is 75.0 Å². The summed E-state index contributed by atoms with van der Waals surface area (Å²) in [5, 5.41) is 0. The molecule has 1 N–H and O–H groups in total. The zero-order valence-corrected chi connectivity index (χ0v) is 13.1. The second-order valence-corrected chi connectivity index (χ2v) is 7.52. The Morgan fingerprint density at radius 2 is 1.30 bits per heavy atom. The van der Waals surface area contributed by atoms with Gasteiger partial charge in [0.15, 0.2) is 0 Å². The maximum atomic E-state index is 11.9. The first-order chi connectivity index (χ1) is 9.13. The second-order valence-electron chi connectivity index (χ2n) is 4.95. The van der Waals surface area contributed by atoms with Gasteiger partial charge in [-0.05, 0) is 12.8 Å². The smallest absolute Gasteiger partial charge is 0.285 e. The van der Waals surface area contributed by atoms with Crippen molar-refractivity contribution in [1.29, 1.82) is 0 Å². The van der Waals surface area contributed by atoms with Gasteiger partial charge in [-0.2, -0.15) is 34.2 Å². The average Bonchev–Trinajstić information content (AvgIpc) is 2.28. The zero-order chi connectivity index (χ0) is 15.6. The highest BCUT2D eigenvalue weighted by Gasteiger charge is 2.25. The average molecular weight is 336 g/mol. The fraction of sp³-hybridized carbons (Fsp3) is 1.00. The minimum absolute atomic E-state index is 0.194. The molecule has 1 unspecified atom stereocenters. The molecule has 0 aliphatic rings. The van der Waals surface area contributed by atoms with Crippen LogP contribution in [0.3, 0.4) is 0 Å². The first-order valence-electron chi connectivity index (χ1n) is 6.84. The van der Waals surface area contributed by atoms with Crippen molar-refractivity contribution in [2.24, 2.45) is 0 Å². The molecule has 20 heavy (non-hydrogen) atoms. The van der Waals surface area contributed by atoms with Gasteiger partial charge in [0.25, 0.3) is 10.1 Å². The number of thiol groups is 1. The number of alkyl halides is 3. The van der Waals surface area contributed by atoms with Crippen LogP contribution in [0, 0.1) is 0 Å². The minimum atomic E-state index is -4.05. The predicted octanol–water partition coefficient (Wildman–Crippen LogP) is 4.59. The molecular weight excluding hydrogens is 313 g/mol. The van der Waals surface area contributed by atoms with Crippen molar-refractivity contribution in [3.63, 3.8) is 0 Å². The van der Waals surface area contributed by atoms with Gasteiger partial charge in [-0.15, -0.1) is 0 Å². The maximum absolute atomic E-state index is 11.9. The molecule has 0 amide bonds. The lowest BCUT2D eigenvalue weighted by Crippen LogP contribution is -2.13. The summed E-state index contributed by atoms with van der Waals surface area (Å²) in [5.41, 5.74) is 0. The molecule has 0 saturated carbocycles. The normalized spacial score (nSPS) is 14.4. The molecule has 0 aliphatic heterocycles. The predicted molar refractivity (Wildman–Crippen MR) is 76.5 cm³/mol. The summed E-state index contributed by atoms with van der Waals surface area (Å²) < 4.78 is 64.6. The van der Waals surface area contributed by atoms with Crippen molar-refractivity contribution < 1.29 is 26.1 Å². The van der Waals surface area contributed by atoms with Crippen LogP contribution in [0.4, 0.5) is 13.2 Å². The fourth-order valence-electron chi connectivity index (χ4n) is 1.85. The van der Waals surface area contributed by atoms with E-state index in [9.17, 15) is 21.6 Å². The van der Waals surface area contributed by atoms with Gasteiger partial charge in [-0.1, -0.05) is 44.9 Å². The van der Waals surface area contributed by atoms with Crippen molar-refractivity contribution in [3.05, 3.63) is 0 Å². The SMILES string of the molecule is O=S(=O)(O)C(S)CCCCCCCCCCC(F)(F)F. The summed E-state index contributed by atoms with van der Waals surface area (Å²) in [7, 11) is -4.05. The Morgan fingerprint density at radius 1 is 0.900 bits per heavy atom. The molecule has 0 heterocycles. The van der Waals surface area contributed by atoms with Gasteiger partial charge in [0.2, 0.25) is 0 Å². The van der Waals surface area contributed by atoms with Crippen LogP contribution in [0.25, 0.3) is 0 Å². The molecule has 0 bridgehead atoms. The molecule has 0 aromatic heterocycles. The van der Waals surface area contributed by atoms with Gasteiger partial charge in [-0.25, -0.2) is 0 Å². The Balaban J connectivity index is 3.30. The lowest BCUT2D eigenvalue weighted by Gasteiger charge is -2.07. The van der Waals surface area contributed by atoms with Crippen LogP contribution in [0.5, 0.6) is 0 Å². The minimum Gasteiger partial charge on any atom is -0.285 e. The third-order valence-corrected chi connectivity index (χ3v) is 4.99. The van der Waals surface area contributed by atoms with E-state index in [1.54, 1.807) is 0 Å². The van der Waals surface area contributed by atoms with Crippen molar-refractivity contribution in [2.75, 3.05) is 0 Å². The van der Waals surface area contributed by atoms with E-state index in [4.69, 9.17) is 4.55 Å². The van der Waals surface area contributed by atoms with E-state index in [0.29, 0.717) is 19.3 Å². The number of halogens is 3. The van der Waals surface area contributed by atoms with E-state index >= 15 is 0 Å². The lowest BCUT2D eigenvalue weighted by atomic mass is 10.1. The quantitative estimate of drug-likeness (QED) is 0.329. The molecule has 0 saturated heterocycles. The van der Waals surface area contributed by atoms with Gasteiger partial charge in [0.1, 0.15) is 4.58 Å². The molecule has 0 fully saturated rings. The first-order valence-corrected chi connectivity index (χ1v) is 8.86. The molecular formula is C12H23F3O3S2. The van der Waals surface area contributed by atoms with E-state index in [1.165, 1.54) is 0 Å². The molecule has 0 aliphatic carbocycles. The fourth-order valence-corrected chi connectivity index (χ4v) is 2.50. The number of unbranched alkanes of at least 4 members (excludes halogenated alkanes) is 7. The van der Waals surface area contributed by atoms with Crippen LogP contribution in [0.2, 0.25) is 0 Å². The van der Waals surface area contributed by atoms with Crippen LogP contribution in [-0.2, 0) is 10.1 Å². The maximum Gasteiger partial charge on any atom is 0.389 e. The Bertz CT molecular complexity index is 342. The summed E-state index contributed by atoms with van der Waals surface area (Å²) >= 11 is 3.79. The Kier molecular flexibility index (Phi) is 9.92. The number of hydrogen-bond acceptors (Lipinski definition) is 3. The highest BCUT2D eigenvalue weighted by molar-refractivity contribution is 8.01. The summed E-state index contributed by atoms with van der Waals surface area (Å²) in [6, 6.07) is 0. The van der Waals surface area contributed by atoms with Gasteiger partial charge in [-0.3, -0.25) is 4.55 Å².